The summed E-state index contributed by atoms with van der Waals surface area (Å²) in [6.07, 6.45) is 17.5. The fourth-order valence-electron chi connectivity index (χ4n) is 6.38. The number of aliphatic carboxylic acids is 2. The molecule has 1 aliphatic carbocycles. The lowest BCUT2D eigenvalue weighted by atomic mass is 9.83. The summed E-state index contributed by atoms with van der Waals surface area (Å²) < 4.78 is 0. The van der Waals surface area contributed by atoms with Crippen LogP contribution < -0.4 is 37.6 Å². The molecule has 5 amide bonds. The van der Waals surface area contributed by atoms with Gasteiger partial charge in [-0.05, 0) is 38.6 Å². The molecular formula is C38H62N8O9. The summed E-state index contributed by atoms with van der Waals surface area (Å²) >= 11 is 0. The number of carbonyl (C=O) groups excluding carboxylic acids is 5. The summed E-state index contributed by atoms with van der Waals surface area (Å²) in [7, 11) is 0. The van der Waals surface area contributed by atoms with Gasteiger partial charge in [0.15, 0.2) is 0 Å². The fourth-order valence-corrected chi connectivity index (χ4v) is 6.38. The predicted octanol–water partition coefficient (Wildman–Crippen LogP) is 0.682. The van der Waals surface area contributed by atoms with E-state index in [0.29, 0.717) is 26.1 Å². The Kier molecular flexibility index (Phi) is 22.2. The van der Waals surface area contributed by atoms with E-state index in [2.05, 4.69) is 43.8 Å². The monoisotopic (exact) mass is 774 g/mol. The highest BCUT2D eigenvalue weighted by Crippen LogP contribution is 2.31. The van der Waals surface area contributed by atoms with Crippen LogP contribution in [0.2, 0.25) is 0 Å². The fraction of sp³-hybridized carbons (Fsp3) is 0.684. The van der Waals surface area contributed by atoms with Crippen molar-refractivity contribution in [1.29, 1.82) is 0 Å². The highest BCUT2D eigenvalue weighted by molar-refractivity contribution is 5.91. The van der Waals surface area contributed by atoms with Crippen LogP contribution in [0, 0.1) is 11.8 Å². The predicted molar refractivity (Wildman–Crippen MR) is 207 cm³/mol. The number of nitrogens with one attached hydrogen (secondary N) is 6. The van der Waals surface area contributed by atoms with Gasteiger partial charge in [-0.2, -0.15) is 0 Å². The zero-order chi connectivity index (χ0) is 40.6. The molecule has 0 aromatic heterocycles. The second kappa shape index (κ2) is 26.2. The van der Waals surface area contributed by atoms with Crippen molar-refractivity contribution in [2.75, 3.05) is 26.2 Å². The van der Waals surface area contributed by atoms with Crippen LogP contribution in [0.25, 0.3) is 0 Å². The Hall–Kier alpha value is -4.64. The zero-order valence-electron chi connectivity index (χ0n) is 32.2. The number of unbranched alkanes of at least 4 members (excludes halogenated alkanes) is 6. The molecule has 308 valence electrons. The number of aliphatic imine (C=N–C) groups is 1. The Balaban J connectivity index is 1.88. The summed E-state index contributed by atoms with van der Waals surface area (Å²) in [5, 5.41) is 34.8. The minimum absolute atomic E-state index is 0.00426. The first-order valence-corrected chi connectivity index (χ1v) is 19.5. The Morgan fingerprint density at radius 2 is 1.40 bits per heavy atom. The summed E-state index contributed by atoms with van der Waals surface area (Å²) in [4.78, 5) is 90.6. The van der Waals surface area contributed by atoms with Gasteiger partial charge in [-0.25, -0.2) is 4.79 Å². The van der Waals surface area contributed by atoms with Gasteiger partial charge in [0.25, 0.3) is 0 Å². The number of carboxylic acids is 2. The first-order chi connectivity index (χ1) is 26.3. The van der Waals surface area contributed by atoms with Gasteiger partial charge in [0, 0.05) is 57.5 Å². The molecule has 2 rings (SSSR count). The molecule has 10 N–H and O–H groups in total. The molecule has 7 unspecified atom stereocenters. The highest BCUT2D eigenvalue weighted by Gasteiger charge is 2.35. The van der Waals surface area contributed by atoms with E-state index in [0.717, 1.165) is 26.2 Å². The third kappa shape index (κ3) is 19.0. The van der Waals surface area contributed by atoms with Crippen LogP contribution in [0.1, 0.15) is 97.3 Å². The van der Waals surface area contributed by atoms with Crippen LogP contribution >= 0.6 is 0 Å². The van der Waals surface area contributed by atoms with Crippen molar-refractivity contribution >= 4 is 47.7 Å². The maximum Gasteiger partial charge on any atom is 0.326 e. The normalized spacial score (nSPS) is 19.0. The molecule has 0 saturated heterocycles. The smallest absolute Gasteiger partial charge is 0.326 e. The van der Waals surface area contributed by atoms with E-state index in [1.807, 2.05) is 24.3 Å². The molecule has 0 aromatic carbocycles. The number of fused-ring (bicyclic) bond motifs is 1. The molecular weight excluding hydrogens is 712 g/mol. The topological polar surface area (TPSA) is 271 Å². The van der Waals surface area contributed by atoms with Gasteiger partial charge in [-0.3, -0.25) is 33.8 Å². The number of amides is 5. The van der Waals surface area contributed by atoms with E-state index in [4.69, 9.17) is 10.8 Å². The summed E-state index contributed by atoms with van der Waals surface area (Å²) in [5.41, 5.74) is 6.20. The number of hydrogen-bond donors (Lipinski definition) is 9. The second-order valence-corrected chi connectivity index (χ2v) is 14.1. The molecule has 0 aromatic rings. The number of allylic oxidation sites excluding steroid dienone is 2. The molecule has 7 atom stereocenters. The van der Waals surface area contributed by atoms with Crippen LogP contribution in [0.4, 0.5) is 0 Å². The number of nitrogens with two attached hydrogens (primary N) is 1. The first kappa shape index (κ1) is 46.5. The Labute approximate surface area is 323 Å². The molecule has 17 nitrogen and oxygen atoms in total. The number of hydrogen-bond acceptors (Lipinski definition) is 10. The lowest BCUT2D eigenvalue weighted by molar-refractivity contribution is -0.143. The Morgan fingerprint density at radius 3 is 2.09 bits per heavy atom. The quantitative estimate of drug-likeness (QED) is 0.0477. The van der Waals surface area contributed by atoms with Gasteiger partial charge in [-0.1, -0.05) is 69.8 Å². The molecule has 1 aliphatic heterocycles. The van der Waals surface area contributed by atoms with Crippen molar-refractivity contribution < 1.29 is 43.8 Å². The van der Waals surface area contributed by atoms with Crippen molar-refractivity contribution in [3.63, 3.8) is 0 Å². The standard InChI is InChI=1S/C38H62N8O9/c1-3-4-5-6-7-8-9-14-33(48)41-22-21-40-19-17-28(39)35(51)46-32(23-26-24-43-29-13-11-10-12-27(26)29)36(52)42-20-18-31(38(54)55)45-37(53)30(44-25(2)47)15-16-34(49)50/h10-13,24,26-32,40H,3-9,14-23,39H2,1-2H3,(H,41,48)(H,42,52)(H,44,47)(H,45,53)(H,46,51)(H,49,50)(H,54,55). The molecule has 0 fully saturated rings. The molecule has 0 bridgehead atoms. The molecule has 0 radical (unpaired) electrons. The van der Waals surface area contributed by atoms with Crippen LogP contribution in [0.3, 0.4) is 0 Å². The highest BCUT2D eigenvalue weighted by atomic mass is 16.4. The minimum Gasteiger partial charge on any atom is -0.481 e. The SMILES string of the molecule is CCCCCCCCCC(=O)NCCNCCC(N)C(=O)NC(CC1C=NC2C=CC=CC12)C(=O)NCCC(NC(=O)C(CCC(=O)O)NC(C)=O)C(=O)O. The van der Waals surface area contributed by atoms with Crippen molar-refractivity contribution in [3.05, 3.63) is 24.3 Å². The van der Waals surface area contributed by atoms with Crippen LogP contribution in [0.5, 0.6) is 0 Å². The molecule has 17 heteroatoms. The van der Waals surface area contributed by atoms with E-state index >= 15 is 0 Å². The maximum absolute atomic E-state index is 13.5. The molecule has 0 saturated carbocycles. The lowest BCUT2D eigenvalue weighted by Crippen LogP contribution is -2.54. The Morgan fingerprint density at radius 1 is 0.709 bits per heavy atom. The van der Waals surface area contributed by atoms with Gasteiger partial charge in [0.2, 0.25) is 29.5 Å². The first-order valence-electron chi connectivity index (χ1n) is 19.5. The average molecular weight is 775 g/mol. The van der Waals surface area contributed by atoms with E-state index in [1.54, 1.807) is 6.21 Å². The number of carbonyl (C=O) groups is 7. The second-order valence-electron chi connectivity index (χ2n) is 14.1. The van der Waals surface area contributed by atoms with E-state index < -0.39 is 66.2 Å². The maximum atomic E-state index is 13.5. The van der Waals surface area contributed by atoms with Crippen molar-refractivity contribution in [2.45, 2.75) is 128 Å². The van der Waals surface area contributed by atoms with Gasteiger partial charge >= 0.3 is 11.9 Å². The molecule has 55 heavy (non-hydrogen) atoms. The van der Waals surface area contributed by atoms with Crippen molar-refractivity contribution in [3.8, 4) is 0 Å². The average Bonchev–Trinajstić information content (AvgIpc) is 3.55. The molecule has 2 aliphatic rings. The lowest BCUT2D eigenvalue weighted by Gasteiger charge is -2.26. The summed E-state index contributed by atoms with van der Waals surface area (Å²) in [6.45, 7) is 4.48. The Bertz CT molecular complexity index is 1370. The van der Waals surface area contributed by atoms with Gasteiger partial charge in [0.05, 0.1) is 12.1 Å². The van der Waals surface area contributed by atoms with Crippen LogP contribution in [0.15, 0.2) is 29.3 Å². The molecule has 1 heterocycles. The third-order valence-electron chi connectivity index (χ3n) is 9.52. The number of rotatable bonds is 29. The van der Waals surface area contributed by atoms with E-state index in [-0.39, 0.29) is 56.0 Å². The summed E-state index contributed by atoms with van der Waals surface area (Å²) in [6, 6.07) is -4.80. The largest absolute Gasteiger partial charge is 0.481 e. The number of carboxylic acid groups (broad SMARTS) is 2. The van der Waals surface area contributed by atoms with E-state index in [1.165, 1.54) is 25.7 Å². The van der Waals surface area contributed by atoms with Crippen LogP contribution in [-0.2, 0) is 33.6 Å². The van der Waals surface area contributed by atoms with Gasteiger partial charge in [0.1, 0.15) is 18.1 Å². The van der Waals surface area contributed by atoms with Gasteiger partial charge < -0.3 is 47.8 Å². The molecule has 0 spiro atoms. The van der Waals surface area contributed by atoms with E-state index in [9.17, 15) is 38.7 Å². The summed E-state index contributed by atoms with van der Waals surface area (Å²) in [5.74, 6) is -5.36. The number of nitrogens with zero attached hydrogens (tertiary/aromatic N) is 1. The minimum atomic E-state index is -1.47. The van der Waals surface area contributed by atoms with Gasteiger partial charge in [-0.15, -0.1) is 0 Å². The third-order valence-corrected chi connectivity index (χ3v) is 9.52. The zero-order valence-corrected chi connectivity index (χ0v) is 32.2. The van der Waals surface area contributed by atoms with Crippen molar-refractivity contribution in [2.24, 2.45) is 22.6 Å². The van der Waals surface area contributed by atoms with Crippen LogP contribution in [-0.4, -0.2) is 114 Å². The van der Waals surface area contributed by atoms with Crippen molar-refractivity contribution in [1.82, 2.24) is 31.9 Å².